The minimum atomic E-state index is -0.122. The summed E-state index contributed by atoms with van der Waals surface area (Å²) in [6.07, 6.45) is 5.21. The number of fused-ring (bicyclic) bond motifs is 1. The van der Waals surface area contributed by atoms with E-state index in [1.807, 2.05) is 0 Å². The van der Waals surface area contributed by atoms with E-state index in [2.05, 4.69) is 29.2 Å². The van der Waals surface area contributed by atoms with Crippen molar-refractivity contribution in [1.82, 2.24) is 9.80 Å². The molecule has 0 bridgehead atoms. The van der Waals surface area contributed by atoms with Crippen molar-refractivity contribution < 1.29 is 13.9 Å². The van der Waals surface area contributed by atoms with Crippen molar-refractivity contribution in [3.8, 4) is 5.75 Å². The van der Waals surface area contributed by atoms with Gasteiger partial charge in [0.1, 0.15) is 18.1 Å². The van der Waals surface area contributed by atoms with Gasteiger partial charge >= 0.3 is 0 Å². The maximum Gasteiger partial charge on any atom is 0.227 e. The van der Waals surface area contributed by atoms with Crippen LogP contribution in [0.2, 0.25) is 0 Å². The summed E-state index contributed by atoms with van der Waals surface area (Å²) in [5.74, 6) is 0.960. The molecule has 2 fully saturated rings. The number of benzene rings is 1. The van der Waals surface area contributed by atoms with Gasteiger partial charge in [-0.1, -0.05) is 24.3 Å². The molecule has 1 aromatic carbocycles. The van der Waals surface area contributed by atoms with Gasteiger partial charge in [0.15, 0.2) is 0 Å². The molecule has 1 aliphatic carbocycles. The van der Waals surface area contributed by atoms with Gasteiger partial charge in [0, 0.05) is 37.7 Å². The lowest BCUT2D eigenvalue weighted by atomic mass is 9.62. The maximum absolute atomic E-state index is 12.4. The first-order valence-electron chi connectivity index (χ1n) is 9.89. The van der Waals surface area contributed by atoms with Crippen LogP contribution in [0.25, 0.3) is 0 Å². The lowest BCUT2D eigenvalue weighted by Crippen LogP contribution is -2.64. The average Bonchev–Trinajstić information content (AvgIpc) is 2.64. The van der Waals surface area contributed by atoms with Crippen LogP contribution in [-0.2, 0) is 24.3 Å². The molecule has 2 aliphatic heterocycles. The maximum atomic E-state index is 12.4. The molecular formula is C22H24N2O4. The number of rotatable bonds is 5. The quantitative estimate of drug-likeness (QED) is 0.744. The highest BCUT2D eigenvalue weighted by Crippen LogP contribution is 2.48. The number of likely N-dealkylation sites (tertiary alicyclic amines) is 1. The minimum Gasteiger partial charge on any atom is -0.483 e. The largest absolute Gasteiger partial charge is 0.483 e. The van der Waals surface area contributed by atoms with Crippen LogP contribution in [0, 0.1) is 5.41 Å². The van der Waals surface area contributed by atoms with E-state index in [-0.39, 0.29) is 16.9 Å². The summed E-state index contributed by atoms with van der Waals surface area (Å²) in [6.45, 7) is 4.07. The van der Waals surface area contributed by atoms with Gasteiger partial charge in [-0.05, 0) is 30.4 Å². The summed E-state index contributed by atoms with van der Waals surface area (Å²) in [5, 5.41) is 0. The van der Waals surface area contributed by atoms with Crippen molar-refractivity contribution in [3.63, 3.8) is 0 Å². The first-order chi connectivity index (χ1) is 13.6. The Hall–Kier alpha value is -2.60. The van der Waals surface area contributed by atoms with Crippen LogP contribution >= 0.6 is 0 Å². The molecular weight excluding hydrogens is 356 g/mol. The summed E-state index contributed by atoms with van der Waals surface area (Å²) in [4.78, 5) is 27.2. The number of carbonyl (C=O) groups excluding carboxylic acids is 1. The van der Waals surface area contributed by atoms with Crippen molar-refractivity contribution in [2.75, 3.05) is 19.6 Å². The summed E-state index contributed by atoms with van der Waals surface area (Å²) >= 11 is 0. The molecule has 0 N–H and O–H groups in total. The van der Waals surface area contributed by atoms with E-state index < -0.39 is 0 Å². The number of ether oxygens (including phenoxy) is 1. The number of hydrogen-bond acceptors (Lipinski definition) is 5. The van der Waals surface area contributed by atoms with E-state index in [4.69, 9.17) is 9.15 Å². The third-order valence-corrected chi connectivity index (χ3v) is 6.28. The Morgan fingerprint density at radius 3 is 2.75 bits per heavy atom. The molecule has 6 nitrogen and oxygen atoms in total. The summed E-state index contributed by atoms with van der Waals surface area (Å²) in [5.41, 5.74) is 2.85. The van der Waals surface area contributed by atoms with Crippen LogP contribution in [0.1, 0.15) is 29.7 Å². The topological polar surface area (TPSA) is 63.0 Å². The van der Waals surface area contributed by atoms with Gasteiger partial charge in [-0.25, -0.2) is 0 Å². The van der Waals surface area contributed by atoms with Crippen LogP contribution in [0.3, 0.4) is 0 Å². The Bertz CT molecular complexity index is 940. The van der Waals surface area contributed by atoms with E-state index >= 15 is 0 Å². The lowest BCUT2D eigenvalue weighted by Gasteiger charge is -2.57. The summed E-state index contributed by atoms with van der Waals surface area (Å²) in [6, 6.07) is 10.1. The predicted molar refractivity (Wildman–Crippen MR) is 103 cm³/mol. The normalized spacial score (nSPS) is 20.9. The molecule has 28 heavy (non-hydrogen) atoms. The molecule has 5 rings (SSSR count). The fraction of sp³-hybridized carbons (Fsp3) is 0.455. The molecule has 6 heteroatoms. The minimum absolute atomic E-state index is 0.0427. The Kier molecular flexibility index (Phi) is 4.23. The van der Waals surface area contributed by atoms with Gasteiger partial charge in [-0.2, -0.15) is 0 Å². The highest BCUT2D eigenvalue weighted by molar-refractivity contribution is 5.49. The summed E-state index contributed by atoms with van der Waals surface area (Å²) < 4.78 is 11.6. The van der Waals surface area contributed by atoms with E-state index in [1.165, 1.54) is 17.4 Å². The standard InChI is InChI=1S/C22H24N2O4/c25-15-24-13-22(14-24)8-19(9-22)28-21-12-27-18(7-20(21)26)11-23-6-5-16-3-1-2-4-17(16)10-23/h1-4,7,12,15,19H,5-6,8-11,13-14H2. The monoisotopic (exact) mass is 380 g/mol. The highest BCUT2D eigenvalue weighted by atomic mass is 16.5. The molecule has 1 saturated carbocycles. The van der Waals surface area contributed by atoms with Crippen LogP contribution in [-0.4, -0.2) is 41.9 Å². The molecule has 0 atom stereocenters. The van der Waals surface area contributed by atoms with Crippen molar-refractivity contribution in [1.29, 1.82) is 0 Å². The van der Waals surface area contributed by atoms with Gasteiger partial charge in [0.25, 0.3) is 0 Å². The number of hydrogen-bond donors (Lipinski definition) is 0. The first-order valence-corrected chi connectivity index (χ1v) is 9.89. The van der Waals surface area contributed by atoms with Crippen LogP contribution in [0.5, 0.6) is 5.75 Å². The lowest BCUT2D eigenvalue weighted by molar-refractivity contribution is -0.147. The molecule has 1 aromatic heterocycles. The highest BCUT2D eigenvalue weighted by Gasteiger charge is 2.53. The molecule has 1 saturated heterocycles. The van der Waals surface area contributed by atoms with Gasteiger partial charge in [-0.3, -0.25) is 14.5 Å². The van der Waals surface area contributed by atoms with Crippen LogP contribution in [0.4, 0.5) is 0 Å². The van der Waals surface area contributed by atoms with Gasteiger partial charge in [-0.15, -0.1) is 0 Å². The second-order valence-electron chi connectivity index (χ2n) is 8.46. The average molecular weight is 380 g/mol. The molecule has 1 amide bonds. The second-order valence-corrected chi connectivity index (χ2v) is 8.46. The zero-order valence-electron chi connectivity index (χ0n) is 15.8. The Labute approximate surface area is 163 Å². The molecule has 146 valence electrons. The Balaban J connectivity index is 1.17. The fourth-order valence-corrected chi connectivity index (χ4v) is 4.83. The van der Waals surface area contributed by atoms with Crippen LogP contribution < -0.4 is 10.2 Å². The number of amides is 1. The summed E-state index contributed by atoms with van der Waals surface area (Å²) in [7, 11) is 0. The number of nitrogens with zero attached hydrogens (tertiary/aromatic N) is 2. The molecule has 2 aromatic rings. The number of carbonyl (C=O) groups is 1. The van der Waals surface area contributed by atoms with Crippen molar-refractivity contribution in [2.45, 2.75) is 38.5 Å². The zero-order chi connectivity index (χ0) is 19.1. The Morgan fingerprint density at radius 2 is 2.00 bits per heavy atom. The van der Waals surface area contributed by atoms with E-state index in [1.54, 1.807) is 11.0 Å². The van der Waals surface area contributed by atoms with Gasteiger partial charge in [0.2, 0.25) is 17.6 Å². The van der Waals surface area contributed by atoms with Crippen LogP contribution in [0.15, 0.2) is 45.8 Å². The Morgan fingerprint density at radius 1 is 1.21 bits per heavy atom. The molecule has 0 radical (unpaired) electrons. The molecule has 1 spiro atoms. The smallest absolute Gasteiger partial charge is 0.227 e. The van der Waals surface area contributed by atoms with Crippen molar-refractivity contribution >= 4 is 6.41 Å². The van der Waals surface area contributed by atoms with Crippen molar-refractivity contribution in [3.05, 3.63) is 63.7 Å². The molecule has 0 unspecified atom stereocenters. The third-order valence-electron chi connectivity index (χ3n) is 6.28. The predicted octanol–water partition coefficient (Wildman–Crippen LogP) is 2.20. The SMILES string of the molecule is O=CN1CC2(CC(Oc3coc(CN4CCc5ccccc5C4)cc3=O)C2)C1. The first kappa shape index (κ1) is 17.5. The van der Waals surface area contributed by atoms with Gasteiger partial charge in [0.05, 0.1) is 6.54 Å². The zero-order valence-corrected chi connectivity index (χ0v) is 15.8. The van der Waals surface area contributed by atoms with Crippen molar-refractivity contribution in [2.24, 2.45) is 5.41 Å². The third kappa shape index (κ3) is 3.22. The van der Waals surface area contributed by atoms with Gasteiger partial charge < -0.3 is 14.1 Å². The van der Waals surface area contributed by atoms with E-state index in [0.29, 0.717) is 18.1 Å². The van der Waals surface area contributed by atoms with E-state index in [9.17, 15) is 9.59 Å². The second kappa shape index (κ2) is 6.78. The van der Waals surface area contributed by atoms with E-state index in [0.717, 1.165) is 51.9 Å². The molecule has 3 heterocycles. The molecule has 3 aliphatic rings. The fourth-order valence-electron chi connectivity index (χ4n) is 4.83.